The van der Waals surface area contributed by atoms with Crippen LogP contribution in [0.1, 0.15) is 0 Å². The molecule has 0 spiro atoms. The molecule has 0 aliphatic heterocycles. The summed E-state index contributed by atoms with van der Waals surface area (Å²) in [4.78, 5) is 0. The van der Waals surface area contributed by atoms with Crippen LogP contribution in [0, 0.1) is 0 Å². The van der Waals surface area contributed by atoms with Gasteiger partial charge in [-0.3, -0.25) is 0 Å². The average molecular weight is 136 g/mol. The van der Waals surface area contributed by atoms with Crippen molar-refractivity contribution in [2.75, 3.05) is 28.2 Å². The van der Waals surface area contributed by atoms with E-state index in [0.29, 0.717) is 0 Å². The van der Waals surface area contributed by atoms with E-state index in [1.807, 2.05) is 38.2 Å². The summed E-state index contributed by atoms with van der Waals surface area (Å²) >= 11 is 0. The van der Waals surface area contributed by atoms with E-state index < -0.39 is 0 Å². The van der Waals surface area contributed by atoms with Crippen LogP contribution in [0.5, 0.6) is 0 Å². The van der Waals surface area contributed by atoms with Gasteiger partial charge in [-0.05, 0) is 0 Å². The predicted octanol–water partition coefficient (Wildman–Crippen LogP) is 0.0221. The van der Waals surface area contributed by atoms with Crippen molar-refractivity contribution in [2.45, 2.75) is 0 Å². The van der Waals surface area contributed by atoms with Gasteiger partial charge in [0, 0.05) is 49.9 Å². The molecule has 0 rings (SSSR count). The molecule has 0 aromatic rings. The third-order valence-corrected chi connectivity index (χ3v) is 0.800. The van der Waals surface area contributed by atoms with Gasteiger partial charge in [-0.25, -0.2) is 10.0 Å². The van der Waals surface area contributed by atoms with Crippen molar-refractivity contribution in [3.8, 4) is 0 Å². The van der Waals surface area contributed by atoms with Gasteiger partial charge in [0.1, 0.15) is 0 Å². The third-order valence-electron chi connectivity index (χ3n) is 0.800. The molecule has 0 aromatic carbocycles. The molecule has 7 heavy (non-hydrogen) atoms. The summed E-state index contributed by atoms with van der Waals surface area (Å²) in [6.07, 6.45) is 0. The van der Waals surface area contributed by atoms with E-state index in [-0.39, 0.29) is 21.7 Å². The van der Waals surface area contributed by atoms with Gasteiger partial charge in [-0.1, -0.05) is 0 Å². The number of hydrazine groups is 1. The van der Waals surface area contributed by atoms with Crippen molar-refractivity contribution in [2.24, 2.45) is 0 Å². The molecule has 0 amide bonds. The molecule has 42 valence electrons. The van der Waals surface area contributed by atoms with E-state index in [2.05, 4.69) is 0 Å². The van der Waals surface area contributed by atoms with Crippen LogP contribution in [-0.2, 0) is 21.7 Å². The molecular weight excluding hydrogens is 124 g/mol. The maximum absolute atomic E-state index is 2.00. The predicted molar refractivity (Wildman–Crippen MR) is 27.4 cm³/mol. The monoisotopic (exact) mass is 136 g/mol. The van der Waals surface area contributed by atoms with E-state index in [0.717, 1.165) is 0 Å². The molecule has 0 aromatic heterocycles. The standard InChI is InChI=1S/C4H12N2.Ti/c1-5(2)6(3)4;/h1-4H3;. The Morgan fingerprint density at radius 3 is 0.857 bits per heavy atom. The minimum Gasteiger partial charge on any atom is -0.248 e. The van der Waals surface area contributed by atoms with E-state index in [4.69, 9.17) is 0 Å². The van der Waals surface area contributed by atoms with Crippen LogP contribution >= 0.6 is 0 Å². The first kappa shape index (κ1) is 10.6. The zero-order valence-corrected chi connectivity index (χ0v) is 6.96. The van der Waals surface area contributed by atoms with Gasteiger partial charge in [-0.15, -0.1) is 0 Å². The first-order valence-corrected chi connectivity index (χ1v) is 1.99. The minimum absolute atomic E-state index is 0. The molecule has 3 heteroatoms. The second kappa shape index (κ2) is 4.79. The maximum Gasteiger partial charge on any atom is 0.00151 e. The summed E-state index contributed by atoms with van der Waals surface area (Å²) in [5, 5.41) is 4.00. The van der Waals surface area contributed by atoms with Gasteiger partial charge in [0.25, 0.3) is 0 Å². The average Bonchev–Trinajstić information content (AvgIpc) is 1.36. The Kier molecular flexibility index (Phi) is 7.24. The Labute approximate surface area is 60.3 Å². The van der Waals surface area contributed by atoms with Crippen LogP contribution in [0.2, 0.25) is 0 Å². The van der Waals surface area contributed by atoms with E-state index in [9.17, 15) is 0 Å². The van der Waals surface area contributed by atoms with E-state index >= 15 is 0 Å². The molecule has 0 fully saturated rings. The van der Waals surface area contributed by atoms with Gasteiger partial charge < -0.3 is 0 Å². The van der Waals surface area contributed by atoms with Crippen LogP contribution in [0.15, 0.2) is 0 Å². The molecule has 0 saturated carbocycles. The fourth-order valence-electron chi connectivity index (χ4n) is 0. The van der Waals surface area contributed by atoms with Crippen molar-refractivity contribution in [3.63, 3.8) is 0 Å². The normalized spacial score (nSPS) is 9.43. The molecule has 2 nitrogen and oxygen atoms in total. The molecule has 0 saturated heterocycles. The molecule has 0 radical (unpaired) electrons. The fraction of sp³-hybridized carbons (Fsp3) is 1.00. The number of hydrogen-bond donors (Lipinski definition) is 0. The van der Waals surface area contributed by atoms with Crippen molar-refractivity contribution in [1.82, 2.24) is 10.0 Å². The van der Waals surface area contributed by atoms with Crippen LogP contribution in [0.4, 0.5) is 0 Å². The van der Waals surface area contributed by atoms with Crippen molar-refractivity contribution in [1.29, 1.82) is 0 Å². The first-order chi connectivity index (χ1) is 2.64. The number of hydrogen-bond acceptors (Lipinski definition) is 2. The van der Waals surface area contributed by atoms with Crippen molar-refractivity contribution >= 4 is 0 Å². The molecule has 0 atom stereocenters. The molecule has 0 heterocycles. The quantitative estimate of drug-likeness (QED) is 0.370. The van der Waals surface area contributed by atoms with Crippen molar-refractivity contribution < 1.29 is 21.7 Å². The van der Waals surface area contributed by atoms with Gasteiger partial charge in [0.2, 0.25) is 0 Å². The van der Waals surface area contributed by atoms with Gasteiger partial charge in [0.05, 0.1) is 0 Å². The van der Waals surface area contributed by atoms with E-state index in [1.54, 1.807) is 0 Å². The molecule has 0 aliphatic rings. The second-order valence-corrected chi connectivity index (χ2v) is 1.69. The first-order valence-electron chi connectivity index (χ1n) is 1.99. The fourth-order valence-corrected chi connectivity index (χ4v) is 0. The molecule has 0 unspecified atom stereocenters. The SMILES string of the molecule is CN(C)N(C)C.[Ti]. The Morgan fingerprint density at radius 1 is 0.714 bits per heavy atom. The van der Waals surface area contributed by atoms with Crippen LogP contribution < -0.4 is 0 Å². The zero-order valence-electron chi connectivity index (χ0n) is 5.39. The van der Waals surface area contributed by atoms with Crippen LogP contribution in [0.3, 0.4) is 0 Å². The summed E-state index contributed by atoms with van der Waals surface area (Å²) in [6, 6.07) is 0. The number of rotatable bonds is 1. The molecular formula is C4H12N2Ti. The Morgan fingerprint density at radius 2 is 0.857 bits per heavy atom. The summed E-state index contributed by atoms with van der Waals surface area (Å²) in [6.45, 7) is 0. The summed E-state index contributed by atoms with van der Waals surface area (Å²) < 4.78 is 0. The summed E-state index contributed by atoms with van der Waals surface area (Å²) in [7, 11) is 8.00. The number of nitrogens with zero attached hydrogens (tertiary/aromatic N) is 2. The summed E-state index contributed by atoms with van der Waals surface area (Å²) in [5.41, 5.74) is 0. The Bertz CT molecular complexity index is 30.7. The largest absolute Gasteiger partial charge is 0.248 e. The second-order valence-electron chi connectivity index (χ2n) is 1.69. The minimum atomic E-state index is 0. The van der Waals surface area contributed by atoms with Crippen LogP contribution in [-0.4, -0.2) is 38.2 Å². The molecule has 0 N–H and O–H groups in total. The molecule has 0 aliphatic carbocycles. The van der Waals surface area contributed by atoms with E-state index in [1.165, 1.54) is 0 Å². The zero-order chi connectivity index (χ0) is 5.15. The van der Waals surface area contributed by atoms with Gasteiger partial charge in [0.15, 0.2) is 0 Å². The Balaban J connectivity index is 0. The van der Waals surface area contributed by atoms with Crippen molar-refractivity contribution in [3.05, 3.63) is 0 Å². The Hall–Kier alpha value is 0.634. The molecule has 0 bridgehead atoms. The maximum atomic E-state index is 2.00. The van der Waals surface area contributed by atoms with Gasteiger partial charge in [-0.2, -0.15) is 0 Å². The third kappa shape index (κ3) is 6.63. The smallest absolute Gasteiger partial charge is 0.00151 e. The van der Waals surface area contributed by atoms with Gasteiger partial charge >= 0.3 is 0 Å². The summed E-state index contributed by atoms with van der Waals surface area (Å²) in [5.74, 6) is 0. The van der Waals surface area contributed by atoms with Crippen LogP contribution in [0.25, 0.3) is 0 Å². The topological polar surface area (TPSA) is 6.48 Å².